The van der Waals surface area contributed by atoms with Gasteiger partial charge in [-0.25, -0.2) is 9.78 Å². The highest BCUT2D eigenvalue weighted by Crippen LogP contribution is 2.19. The van der Waals surface area contributed by atoms with Crippen LogP contribution in [0.25, 0.3) is 0 Å². The molecule has 1 aromatic heterocycles. The van der Waals surface area contributed by atoms with Gasteiger partial charge in [0.1, 0.15) is 0 Å². The van der Waals surface area contributed by atoms with E-state index in [9.17, 15) is 9.59 Å². The topological polar surface area (TPSA) is 80.3 Å². The van der Waals surface area contributed by atoms with Gasteiger partial charge in [-0.15, -0.1) is 11.3 Å². The lowest BCUT2D eigenvalue weighted by molar-refractivity contribution is -0.120. The SMILES string of the molecule is CCOC(=O)Nc1nc(CC(=O)NC2CC2)cs1. The number of nitrogens with one attached hydrogen (secondary N) is 2. The Morgan fingerprint density at radius 1 is 1.56 bits per heavy atom. The van der Waals surface area contributed by atoms with Gasteiger partial charge in [0.05, 0.1) is 18.7 Å². The average Bonchev–Trinajstić information content (AvgIpc) is 3.00. The highest BCUT2D eigenvalue weighted by molar-refractivity contribution is 7.13. The summed E-state index contributed by atoms with van der Waals surface area (Å²) in [4.78, 5) is 26.8. The van der Waals surface area contributed by atoms with Gasteiger partial charge in [0.2, 0.25) is 5.91 Å². The maximum atomic E-state index is 11.5. The van der Waals surface area contributed by atoms with Crippen molar-refractivity contribution < 1.29 is 14.3 Å². The summed E-state index contributed by atoms with van der Waals surface area (Å²) in [6.07, 6.45) is 1.86. The first-order valence-corrected chi connectivity index (χ1v) is 6.73. The van der Waals surface area contributed by atoms with Crippen molar-refractivity contribution in [3.63, 3.8) is 0 Å². The predicted octanol–water partition coefficient (Wildman–Crippen LogP) is 1.53. The number of anilines is 1. The molecule has 0 atom stereocenters. The molecule has 0 aliphatic heterocycles. The van der Waals surface area contributed by atoms with Crippen LogP contribution in [0, 0.1) is 0 Å². The number of carbonyl (C=O) groups excluding carboxylic acids is 2. The van der Waals surface area contributed by atoms with Gasteiger partial charge in [-0.3, -0.25) is 10.1 Å². The van der Waals surface area contributed by atoms with E-state index in [1.54, 1.807) is 12.3 Å². The molecule has 2 rings (SSSR count). The molecule has 18 heavy (non-hydrogen) atoms. The molecule has 0 radical (unpaired) electrons. The Bertz CT molecular complexity index is 442. The van der Waals surface area contributed by atoms with Gasteiger partial charge < -0.3 is 10.1 Å². The lowest BCUT2D eigenvalue weighted by Crippen LogP contribution is -2.27. The van der Waals surface area contributed by atoms with Gasteiger partial charge in [0.15, 0.2) is 5.13 Å². The Morgan fingerprint density at radius 3 is 3.00 bits per heavy atom. The van der Waals surface area contributed by atoms with Crippen molar-refractivity contribution in [3.05, 3.63) is 11.1 Å². The molecular weight excluding hydrogens is 254 g/mol. The normalized spacial score (nSPS) is 14.1. The van der Waals surface area contributed by atoms with E-state index >= 15 is 0 Å². The molecule has 1 aliphatic carbocycles. The summed E-state index contributed by atoms with van der Waals surface area (Å²) in [5.74, 6) is -0.0227. The minimum absolute atomic E-state index is 0.0227. The molecular formula is C11H15N3O3S. The second-order valence-corrected chi connectivity index (χ2v) is 4.87. The lowest BCUT2D eigenvalue weighted by Gasteiger charge is -2.01. The van der Waals surface area contributed by atoms with Crippen molar-refractivity contribution in [3.8, 4) is 0 Å². The summed E-state index contributed by atoms with van der Waals surface area (Å²) in [5, 5.41) is 7.60. The molecule has 1 aromatic rings. The third-order valence-corrected chi connectivity index (χ3v) is 3.13. The van der Waals surface area contributed by atoms with E-state index in [-0.39, 0.29) is 12.3 Å². The van der Waals surface area contributed by atoms with Gasteiger partial charge in [0.25, 0.3) is 0 Å². The number of hydrogen-bond donors (Lipinski definition) is 2. The molecule has 0 spiro atoms. The average molecular weight is 269 g/mol. The minimum atomic E-state index is -0.527. The Hall–Kier alpha value is -1.63. The number of nitrogens with zero attached hydrogens (tertiary/aromatic N) is 1. The number of rotatable bonds is 5. The van der Waals surface area contributed by atoms with E-state index < -0.39 is 6.09 Å². The zero-order chi connectivity index (χ0) is 13.0. The molecule has 1 saturated carbocycles. The molecule has 1 aliphatic rings. The quantitative estimate of drug-likeness (QED) is 0.849. The van der Waals surface area contributed by atoms with Gasteiger partial charge >= 0.3 is 6.09 Å². The highest BCUT2D eigenvalue weighted by atomic mass is 32.1. The minimum Gasteiger partial charge on any atom is -0.450 e. The third-order valence-electron chi connectivity index (χ3n) is 2.32. The molecule has 2 N–H and O–H groups in total. The molecule has 0 unspecified atom stereocenters. The predicted molar refractivity (Wildman–Crippen MR) is 67.6 cm³/mol. The molecule has 6 nitrogen and oxygen atoms in total. The van der Waals surface area contributed by atoms with Crippen LogP contribution in [0.1, 0.15) is 25.5 Å². The first-order valence-electron chi connectivity index (χ1n) is 5.85. The first kappa shape index (κ1) is 12.8. The number of carbonyl (C=O) groups is 2. The summed E-state index contributed by atoms with van der Waals surface area (Å²) in [7, 11) is 0. The summed E-state index contributed by atoms with van der Waals surface area (Å²) in [6.45, 7) is 2.04. The number of hydrogen-bond acceptors (Lipinski definition) is 5. The summed E-state index contributed by atoms with van der Waals surface area (Å²) in [6, 6.07) is 0.355. The van der Waals surface area contributed by atoms with E-state index in [0.717, 1.165) is 12.8 Å². The standard InChI is InChI=1S/C11H15N3O3S/c1-2-17-11(16)14-10-13-8(6-18-10)5-9(15)12-7-3-4-7/h6-7H,2-5H2,1H3,(H,12,15)(H,13,14,16). The largest absolute Gasteiger partial charge is 0.450 e. The molecule has 0 aromatic carbocycles. The Labute approximate surface area is 109 Å². The van der Waals surface area contributed by atoms with E-state index in [4.69, 9.17) is 4.74 Å². The van der Waals surface area contributed by atoms with Crippen molar-refractivity contribution >= 4 is 28.5 Å². The van der Waals surface area contributed by atoms with Gasteiger partial charge in [-0.2, -0.15) is 0 Å². The maximum Gasteiger partial charge on any atom is 0.413 e. The highest BCUT2D eigenvalue weighted by Gasteiger charge is 2.23. The van der Waals surface area contributed by atoms with Gasteiger partial charge in [-0.05, 0) is 19.8 Å². The molecule has 2 amide bonds. The van der Waals surface area contributed by atoms with Crippen LogP contribution in [-0.2, 0) is 16.0 Å². The van der Waals surface area contributed by atoms with Crippen LogP contribution >= 0.6 is 11.3 Å². The third kappa shape index (κ3) is 3.99. The zero-order valence-corrected chi connectivity index (χ0v) is 10.9. The second-order valence-electron chi connectivity index (χ2n) is 4.01. The molecule has 0 bridgehead atoms. The molecule has 98 valence electrons. The van der Waals surface area contributed by atoms with Crippen molar-refractivity contribution in [2.24, 2.45) is 0 Å². The molecule has 0 saturated heterocycles. The number of thiazole rings is 1. The zero-order valence-electron chi connectivity index (χ0n) is 10.1. The van der Waals surface area contributed by atoms with Gasteiger partial charge in [0, 0.05) is 11.4 Å². The second kappa shape index (κ2) is 5.81. The maximum absolute atomic E-state index is 11.5. The number of aromatic nitrogens is 1. The number of ether oxygens (including phenoxy) is 1. The fraction of sp³-hybridized carbons (Fsp3) is 0.545. The number of amides is 2. The van der Waals surface area contributed by atoms with Crippen LogP contribution in [0.5, 0.6) is 0 Å². The first-order chi connectivity index (χ1) is 8.67. The lowest BCUT2D eigenvalue weighted by atomic mass is 10.3. The Balaban J connectivity index is 1.81. The molecule has 1 fully saturated rings. The summed E-state index contributed by atoms with van der Waals surface area (Å²) in [5.41, 5.74) is 0.657. The molecule has 7 heteroatoms. The van der Waals surface area contributed by atoms with Crippen LogP contribution in [0.3, 0.4) is 0 Å². The van der Waals surface area contributed by atoms with Crippen molar-refractivity contribution in [1.82, 2.24) is 10.3 Å². The van der Waals surface area contributed by atoms with Crippen LogP contribution in [0.4, 0.5) is 9.93 Å². The fourth-order valence-electron chi connectivity index (χ4n) is 1.37. The van der Waals surface area contributed by atoms with E-state index in [2.05, 4.69) is 15.6 Å². The van der Waals surface area contributed by atoms with Crippen LogP contribution in [0.2, 0.25) is 0 Å². The van der Waals surface area contributed by atoms with Crippen molar-refractivity contribution in [2.45, 2.75) is 32.2 Å². The Morgan fingerprint density at radius 2 is 2.33 bits per heavy atom. The monoisotopic (exact) mass is 269 g/mol. The Kier molecular flexibility index (Phi) is 4.14. The summed E-state index contributed by atoms with van der Waals surface area (Å²) >= 11 is 1.28. The van der Waals surface area contributed by atoms with E-state index in [1.807, 2.05) is 0 Å². The van der Waals surface area contributed by atoms with E-state index in [1.165, 1.54) is 11.3 Å². The van der Waals surface area contributed by atoms with Crippen LogP contribution < -0.4 is 10.6 Å². The van der Waals surface area contributed by atoms with Crippen molar-refractivity contribution in [1.29, 1.82) is 0 Å². The smallest absolute Gasteiger partial charge is 0.413 e. The van der Waals surface area contributed by atoms with E-state index in [0.29, 0.717) is 23.5 Å². The van der Waals surface area contributed by atoms with Crippen LogP contribution in [0.15, 0.2) is 5.38 Å². The van der Waals surface area contributed by atoms with Gasteiger partial charge in [-0.1, -0.05) is 0 Å². The van der Waals surface area contributed by atoms with Crippen LogP contribution in [-0.4, -0.2) is 29.6 Å². The van der Waals surface area contributed by atoms with Crippen molar-refractivity contribution in [2.75, 3.05) is 11.9 Å². The molecule has 1 heterocycles. The summed E-state index contributed by atoms with van der Waals surface area (Å²) < 4.78 is 4.73. The fourth-order valence-corrected chi connectivity index (χ4v) is 2.07.